The van der Waals surface area contributed by atoms with Gasteiger partial charge < -0.3 is 24.1 Å². The number of fused-ring (bicyclic) bond motifs is 1. The predicted octanol–water partition coefficient (Wildman–Crippen LogP) is 4.21. The summed E-state index contributed by atoms with van der Waals surface area (Å²) in [6, 6.07) is 12.8. The van der Waals surface area contributed by atoms with E-state index in [0.717, 1.165) is 24.0 Å². The van der Waals surface area contributed by atoms with Crippen LogP contribution >= 0.6 is 11.6 Å². The zero-order valence-electron chi connectivity index (χ0n) is 16.7. The number of hydrogen-bond donors (Lipinski definition) is 1. The number of likely N-dealkylation sites (tertiary alicyclic amines) is 1. The maximum Gasteiger partial charge on any atom is 0.317 e. The maximum absolute atomic E-state index is 12.6. The van der Waals surface area contributed by atoms with Gasteiger partial charge in [0.15, 0.2) is 11.5 Å². The summed E-state index contributed by atoms with van der Waals surface area (Å²) in [6.45, 7) is 1.90. The standard InChI is InChI=1S/C22H21ClN4O4/c23-17-6-3-14(4-7-17)11-24-22(28)27-9-1-2-16(12-27)21-26-25-20(31-21)15-5-8-18-19(10-15)30-13-29-18/h3-8,10,16H,1-2,9,11-13H2,(H,24,28). The van der Waals surface area contributed by atoms with Crippen LogP contribution in [-0.2, 0) is 6.54 Å². The van der Waals surface area contributed by atoms with Gasteiger partial charge in [-0.1, -0.05) is 23.7 Å². The van der Waals surface area contributed by atoms with E-state index in [1.54, 1.807) is 4.90 Å². The van der Waals surface area contributed by atoms with E-state index in [1.165, 1.54) is 0 Å². The molecule has 2 aliphatic heterocycles. The molecule has 1 atom stereocenters. The Kier molecular flexibility index (Phi) is 5.38. The average Bonchev–Trinajstić information content (AvgIpc) is 3.48. The number of ether oxygens (including phenoxy) is 2. The Bertz CT molecular complexity index is 1090. The molecule has 1 N–H and O–H groups in total. The fraction of sp³-hybridized carbons (Fsp3) is 0.318. The Morgan fingerprint density at radius 1 is 1.13 bits per heavy atom. The molecular weight excluding hydrogens is 420 g/mol. The number of nitrogens with one attached hydrogen (secondary N) is 1. The highest BCUT2D eigenvalue weighted by atomic mass is 35.5. The van der Waals surface area contributed by atoms with Gasteiger partial charge in [0.25, 0.3) is 0 Å². The van der Waals surface area contributed by atoms with Crippen molar-refractivity contribution in [2.45, 2.75) is 25.3 Å². The van der Waals surface area contributed by atoms with E-state index >= 15 is 0 Å². The Balaban J connectivity index is 1.22. The normalized spacial score (nSPS) is 17.6. The Hall–Kier alpha value is -3.26. The van der Waals surface area contributed by atoms with Gasteiger partial charge in [-0.05, 0) is 48.7 Å². The Morgan fingerprint density at radius 3 is 2.84 bits per heavy atom. The fourth-order valence-electron chi connectivity index (χ4n) is 3.80. The molecule has 1 fully saturated rings. The third kappa shape index (κ3) is 4.29. The van der Waals surface area contributed by atoms with E-state index in [9.17, 15) is 4.79 Å². The maximum atomic E-state index is 12.6. The second-order valence-electron chi connectivity index (χ2n) is 7.58. The summed E-state index contributed by atoms with van der Waals surface area (Å²) in [5.74, 6) is 2.35. The van der Waals surface area contributed by atoms with E-state index in [2.05, 4.69) is 15.5 Å². The van der Waals surface area contributed by atoms with Crippen LogP contribution < -0.4 is 14.8 Å². The van der Waals surface area contributed by atoms with Crippen LogP contribution in [0.15, 0.2) is 46.9 Å². The summed E-state index contributed by atoms with van der Waals surface area (Å²) in [7, 11) is 0. The van der Waals surface area contributed by atoms with E-state index in [-0.39, 0.29) is 18.7 Å². The third-order valence-corrected chi connectivity index (χ3v) is 5.73. The van der Waals surface area contributed by atoms with Crippen LogP contribution in [0.25, 0.3) is 11.5 Å². The molecule has 160 valence electrons. The molecule has 1 aromatic heterocycles. The number of nitrogens with zero attached hydrogens (tertiary/aromatic N) is 3. The molecular formula is C22H21ClN4O4. The van der Waals surface area contributed by atoms with E-state index in [4.69, 9.17) is 25.5 Å². The van der Waals surface area contributed by atoms with Crippen molar-refractivity contribution >= 4 is 17.6 Å². The lowest BCUT2D eigenvalue weighted by atomic mass is 9.98. The first-order valence-electron chi connectivity index (χ1n) is 10.2. The minimum absolute atomic E-state index is 0.00490. The highest BCUT2D eigenvalue weighted by Gasteiger charge is 2.29. The number of aromatic nitrogens is 2. The molecule has 8 nitrogen and oxygen atoms in total. The second-order valence-corrected chi connectivity index (χ2v) is 8.02. The molecule has 9 heteroatoms. The topological polar surface area (TPSA) is 89.7 Å². The van der Waals surface area contributed by atoms with Crippen LogP contribution in [0, 0.1) is 0 Å². The fourth-order valence-corrected chi connectivity index (χ4v) is 3.93. The molecule has 2 amide bonds. The summed E-state index contributed by atoms with van der Waals surface area (Å²) >= 11 is 5.91. The summed E-state index contributed by atoms with van der Waals surface area (Å²) < 4.78 is 16.7. The molecule has 2 aromatic carbocycles. The number of rotatable bonds is 4. The molecule has 5 rings (SSSR count). The van der Waals surface area contributed by atoms with Crippen LogP contribution in [0.3, 0.4) is 0 Å². The van der Waals surface area contributed by atoms with E-state index < -0.39 is 0 Å². The van der Waals surface area contributed by atoms with Crippen molar-refractivity contribution in [2.24, 2.45) is 0 Å². The molecule has 0 spiro atoms. The monoisotopic (exact) mass is 440 g/mol. The molecule has 3 heterocycles. The smallest absolute Gasteiger partial charge is 0.317 e. The quantitative estimate of drug-likeness (QED) is 0.653. The van der Waals surface area contributed by atoms with Crippen LogP contribution in [0.4, 0.5) is 4.79 Å². The SMILES string of the molecule is O=C(NCc1ccc(Cl)cc1)N1CCCC(c2nnc(-c3ccc4c(c3)OCO4)o2)C1. The van der Waals surface area contributed by atoms with Gasteiger partial charge in [-0.3, -0.25) is 0 Å². The van der Waals surface area contributed by atoms with Gasteiger partial charge in [0.1, 0.15) is 0 Å². The van der Waals surface area contributed by atoms with Gasteiger partial charge in [0.05, 0.1) is 5.92 Å². The molecule has 2 aliphatic rings. The lowest BCUT2D eigenvalue weighted by Crippen LogP contribution is -2.44. The van der Waals surface area contributed by atoms with Crippen molar-refractivity contribution in [1.82, 2.24) is 20.4 Å². The number of amides is 2. The number of urea groups is 1. The Labute approximate surface area is 184 Å². The zero-order chi connectivity index (χ0) is 21.2. The van der Waals surface area contributed by atoms with Gasteiger partial charge in [0, 0.05) is 30.2 Å². The molecule has 0 saturated carbocycles. The van der Waals surface area contributed by atoms with E-state index in [0.29, 0.717) is 47.9 Å². The second kappa shape index (κ2) is 8.47. The first kappa shape index (κ1) is 19.7. The summed E-state index contributed by atoms with van der Waals surface area (Å²) in [5.41, 5.74) is 1.77. The van der Waals surface area contributed by atoms with Gasteiger partial charge >= 0.3 is 6.03 Å². The van der Waals surface area contributed by atoms with Crippen LogP contribution in [0.2, 0.25) is 5.02 Å². The average molecular weight is 441 g/mol. The lowest BCUT2D eigenvalue weighted by Gasteiger charge is -2.31. The van der Waals surface area contributed by atoms with Crippen molar-refractivity contribution in [1.29, 1.82) is 0 Å². The summed E-state index contributed by atoms with van der Waals surface area (Å²) in [6.07, 6.45) is 1.77. The summed E-state index contributed by atoms with van der Waals surface area (Å²) in [5, 5.41) is 12.1. The zero-order valence-corrected chi connectivity index (χ0v) is 17.5. The number of halogens is 1. The van der Waals surface area contributed by atoms with Gasteiger partial charge in [0.2, 0.25) is 18.6 Å². The van der Waals surface area contributed by atoms with Crippen molar-refractivity contribution in [2.75, 3.05) is 19.9 Å². The largest absolute Gasteiger partial charge is 0.454 e. The lowest BCUT2D eigenvalue weighted by molar-refractivity contribution is 0.173. The van der Waals surface area contributed by atoms with Crippen molar-refractivity contribution in [3.8, 4) is 23.0 Å². The third-order valence-electron chi connectivity index (χ3n) is 5.47. The number of hydrogen-bond acceptors (Lipinski definition) is 6. The number of carbonyl (C=O) groups is 1. The van der Waals surface area contributed by atoms with Gasteiger partial charge in [-0.15, -0.1) is 10.2 Å². The number of benzene rings is 2. The molecule has 0 bridgehead atoms. The molecule has 31 heavy (non-hydrogen) atoms. The van der Waals surface area contributed by atoms with Crippen LogP contribution in [0.5, 0.6) is 11.5 Å². The minimum Gasteiger partial charge on any atom is -0.454 e. The van der Waals surface area contributed by atoms with Crippen molar-refractivity contribution in [3.63, 3.8) is 0 Å². The number of piperidine rings is 1. The highest BCUT2D eigenvalue weighted by molar-refractivity contribution is 6.30. The molecule has 0 radical (unpaired) electrons. The van der Waals surface area contributed by atoms with Crippen LogP contribution in [0.1, 0.15) is 30.2 Å². The van der Waals surface area contributed by atoms with Crippen LogP contribution in [-0.4, -0.2) is 41.0 Å². The molecule has 1 saturated heterocycles. The van der Waals surface area contributed by atoms with Gasteiger partial charge in [-0.25, -0.2) is 4.79 Å². The minimum atomic E-state index is -0.102. The molecule has 1 unspecified atom stereocenters. The summed E-state index contributed by atoms with van der Waals surface area (Å²) in [4.78, 5) is 14.4. The van der Waals surface area contributed by atoms with Crippen molar-refractivity contribution < 1.29 is 18.7 Å². The highest BCUT2D eigenvalue weighted by Crippen LogP contribution is 2.36. The predicted molar refractivity (Wildman–Crippen MR) is 113 cm³/mol. The molecule has 3 aromatic rings. The first-order chi connectivity index (χ1) is 15.2. The number of carbonyl (C=O) groups excluding carboxylic acids is 1. The molecule has 0 aliphatic carbocycles. The first-order valence-corrected chi connectivity index (χ1v) is 10.5. The van der Waals surface area contributed by atoms with Gasteiger partial charge in [-0.2, -0.15) is 0 Å². The van der Waals surface area contributed by atoms with E-state index in [1.807, 2.05) is 42.5 Å². The Morgan fingerprint density at radius 2 is 1.97 bits per heavy atom. The van der Waals surface area contributed by atoms with Crippen molar-refractivity contribution in [3.05, 3.63) is 58.9 Å².